The number of hydrogen-bond donors (Lipinski definition) is 0. The molecule has 1 fully saturated rings. The number of unbranched alkanes of at least 4 members (excludes halogenated alkanes) is 1. The molecule has 2 rings (SSSR count). The molecule has 23 heavy (non-hydrogen) atoms. The molecule has 0 radical (unpaired) electrons. The number of piperazine rings is 1. The van der Waals surface area contributed by atoms with Crippen molar-refractivity contribution in [2.75, 3.05) is 20.1 Å². The van der Waals surface area contributed by atoms with E-state index in [1.165, 1.54) is 0 Å². The van der Waals surface area contributed by atoms with E-state index >= 15 is 0 Å². The average molecular weight is 320 g/mol. The molecule has 128 valence electrons. The number of amides is 2. The summed E-state index contributed by atoms with van der Waals surface area (Å²) in [5.41, 5.74) is 1.51. The van der Waals surface area contributed by atoms with Gasteiger partial charge in [-0.3, -0.25) is 14.3 Å². The van der Waals surface area contributed by atoms with Gasteiger partial charge in [0.25, 0.3) is 5.91 Å². The lowest BCUT2D eigenvalue weighted by molar-refractivity contribution is -0.138. The van der Waals surface area contributed by atoms with E-state index in [2.05, 4.69) is 18.9 Å². The molecular weight excluding hydrogens is 292 g/mol. The highest BCUT2D eigenvalue weighted by Crippen LogP contribution is 2.20. The third-order valence-corrected chi connectivity index (χ3v) is 4.57. The smallest absolute Gasteiger partial charge is 0.258 e. The second-order valence-electron chi connectivity index (χ2n) is 6.28. The summed E-state index contributed by atoms with van der Waals surface area (Å²) in [6.07, 6.45) is 5.31. The molecule has 1 aromatic heterocycles. The Kier molecular flexibility index (Phi) is 5.80. The number of carbonyl (C=O) groups excluding carboxylic acids is 2. The van der Waals surface area contributed by atoms with Crippen LogP contribution in [-0.4, -0.2) is 57.6 Å². The lowest BCUT2D eigenvalue weighted by atomic mass is 10.0. The molecule has 0 aromatic carbocycles. The predicted octanol–water partition coefficient (Wildman–Crippen LogP) is 2.07. The minimum atomic E-state index is -0.338. The van der Waals surface area contributed by atoms with Gasteiger partial charge in [0.1, 0.15) is 6.04 Å². The molecule has 1 unspecified atom stereocenters. The van der Waals surface area contributed by atoms with E-state index in [1.54, 1.807) is 16.0 Å². The molecule has 1 atom stereocenters. The number of aromatic nitrogens is 2. The number of carbonyl (C=O) groups is 2. The van der Waals surface area contributed by atoms with Crippen molar-refractivity contribution < 1.29 is 9.59 Å². The lowest BCUT2D eigenvalue weighted by Crippen LogP contribution is -2.57. The molecule has 1 aliphatic heterocycles. The van der Waals surface area contributed by atoms with Gasteiger partial charge in [-0.25, -0.2) is 0 Å². The van der Waals surface area contributed by atoms with E-state index < -0.39 is 0 Å². The zero-order valence-corrected chi connectivity index (χ0v) is 14.7. The van der Waals surface area contributed by atoms with Crippen molar-refractivity contribution in [2.24, 2.45) is 0 Å². The first kappa shape index (κ1) is 17.5. The molecule has 0 N–H and O–H groups in total. The van der Waals surface area contributed by atoms with Crippen LogP contribution in [0.4, 0.5) is 0 Å². The summed E-state index contributed by atoms with van der Waals surface area (Å²) in [4.78, 5) is 28.9. The summed E-state index contributed by atoms with van der Waals surface area (Å²) in [5, 5.41) is 4.32. The largest absolute Gasteiger partial charge is 0.342 e. The van der Waals surface area contributed by atoms with Crippen LogP contribution in [0.1, 0.15) is 55.6 Å². The molecule has 6 heteroatoms. The predicted molar refractivity (Wildman–Crippen MR) is 89.2 cm³/mol. The van der Waals surface area contributed by atoms with Crippen molar-refractivity contribution in [3.8, 4) is 0 Å². The van der Waals surface area contributed by atoms with E-state index in [1.807, 2.05) is 18.7 Å². The maximum atomic E-state index is 13.0. The van der Waals surface area contributed by atoms with Crippen LogP contribution in [0.5, 0.6) is 0 Å². The monoisotopic (exact) mass is 320 g/mol. The molecule has 2 heterocycles. The number of nitrogens with zero attached hydrogens (tertiary/aromatic N) is 4. The van der Waals surface area contributed by atoms with Gasteiger partial charge >= 0.3 is 0 Å². The zero-order valence-electron chi connectivity index (χ0n) is 14.7. The fourth-order valence-electron chi connectivity index (χ4n) is 3.08. The summed E-state index contributed by atoms with van der Waals surface area (Å²) in [7, 11) is 1.81. The Hall–Kier alpha value is -1.85. The number of aryl methyl sites for hydroxylation is 1. The van der Waals surface area contributed by atoms with Crippen molar-refractivity contribution in [3.63, 3.8) is 0 Å². The molecule has 6 nitrogen and oxygen atoms in total. The van der Waals surface area contributed by atoms with Crippen molar-refractivity contribution in [2.45, 2.75) is 59.0 Å². The average Bonchev–Trinajstić information content (AvgIpc) is 2.89. The van der Waals surface area contributed by atoms with Crippen molar-refractivity contribution in [1.82, 2.24) is 19.6 Å². The van der Waals surface area contributed by atoms with Crippen LogP contribution in [0.3, 0.4) is 0 Å². The van der Waals surface area contributed by atoms with Gasteiger partial charge in [0.05, 0.1) is 11.8 Å². The summed E-state index contributed by atoms with van der Waals surface area (Å²) < 4.78 is 1.87. The lowest BCUT2D eigenvalue weighted by Gasteiger charge is -2.39. The van der Waals surface area contributed by atoms with E-state index in [0.29, 0.717) is 18.7 Å². The first-order chi connectivity index (χ1) is 11.0. The number of hydrogen-bond acceptors (Lipinski definition) is 3. The third-order valence-electron chi connectivity index (χ3n) is 4.57. The second kappa shape index (κ2) is 7.62. The van der Waals surface area contributed by atoms with Gasteiger partial charge in [-0.05, 0) is 19.8 Å². The van der Waals surface area contributed by atoms with Gasteiger partial charge in [0.15, 0.2) is 0 Å². The fourth-order valence-corrected chi connectivity index (χ4v) is 3.08. The van der Waals surface area contributed by atoms with Crippen molar-refractivity contribution >= 4 is 11.8 Å². The van der Waals surface area contributed by atoms with Crippen LogP contribution in [0.25, 0.3) is 0 Å². The standard InChI is InChI=1S/C17H28N4O2/c1-5-7-8-15-17(23)19(4)10-11-20(15)16(22)14-12-18-21(9-6-2)13(14)3/h12,15H,5-11H2,1-4H3. The highest BCUT2D eigenvalue weighted by atomic mass is 16.2. The number of likely N-dealkylation sites (N-methyl/N-ethyl adjacent to an activating group) is 1. The fraction of sp³-hybridized carbons (Fsp3) is 0.706. The summed E-state index contributed by atoms with van der Waals surface area (Å²) >= 11 is 0. The van der Waals surface area contributed by atoms with Crippen LogP contribution in [0.2, 0.25) is 0 Å². The maximum absolute atomic E-state index is 13.0. The van der Waals surface area contributed by atoms with Crippen LogP contribution < -0.4 is 0 Å². The van der Waals surface area contributed by atoms with Crippen molar-refractivity contribution in [3.05, 3.63) is 17.5 Å². The van der Waals surface area contributed by atoms with Crippen LogP contribution >= 0.6 is 0 Å². The number of rotatable bonds is 6. The second-order valence-corrected chi connectivity index (χ2v) is 6.28. The van der Waals surface area contributed by atoms with Gasteiger partial charge in [-0.1, -0.05) is 26.7 Å². The van der Waals surface area contributed by atoms with Gasteiger partial charge < -0.3 is 9.80 Å². The minimum absolute atomic E-state index is 0.0525. The summed E-state index contributed by atoms with van der Waals surface area (Å²) in [6, 6.07) is -0.338. The van der Waals surface area contributed by atoms with E-state index in [9.17, 15) is 9.59 Å². The third kappa shape index (κ3) is 3.57. The van der Waals surface area contributed by atoms with E-state index in [-0.39, 0.29) is 17.9 Å². The Bertz CT molecular complexity index is 567. The topological polar surface area (TPSA) is 58.4 Å². The first-order valence-corrected chi connectivity index (χ1v) is 8.59. The van der Waals surface area contributed by atoms with Gasteiger partial charge in [0, 0.05) is 32.4 Å². The van der Waals surface area contributed by atoms with E-state index in [4.69, 9.17) is 0 Å². The van der Waals surface area contributed by atoms with Crippen LogP contribution in [0.15, 0.2) is 6.20 Å². The molecule has 0 bridgehead atoms. The van der Waals surface area contributed by atoms with Crippen LogP contribution in [0, 0.1) is 6.92 Å². The highest BCUT2D eigenvalue weighted by molar-refractivity contribution is 5.98. The quantitative estimate of drug-likeness (QED) is 0.806. The van der Waals surface area contributed by atoms with Crippen LogP contribution in [-0.2, 0) is 11.3 Å². The Morgan fingerprint density at radius 1 is 1.30 bits per heavy atom. The van der Waals surface area contributed by atoms with Gasteiger partial charge in [-0.2, -0.15) is 5.10 Å². The molecular formula is C17H28N4O2. The SMILES string of the molecule is CCCCC1C(=O)N(C)CCN1C(=O)c1cnn(CCC)c1C. The minimum Gasteiger partial charge on any atom is -0.342 e. The molecule has 0 aliphatic carbocycles. The Balaban J connectivity index is 2.23. The summed E-state index contributed by atoms with van der Waals surface area (Å²) in [6.45, 7) is 8.10. The Morgan fingerprint density at radius 2 is 2.04 bits per heavy atom. The molecule has 1 aliphatic rings. The zero-order chi connectivity index (χ0) is 17.0. The highest BCUT2D eigenvalue weighted by Gasteiger charge is 2.36. The molecule has 0 spiro atoms. The Morgan fingerprint density at radius 3 is 2.70 bits per heavy atom. The maximum Gasteiger partial charge on any atom is 0.258 e. The molecule has 1 aromatic rings. The molecule has 2 amide bonds. The van der Waals surface area contributed by atoms with E-state index in [0.717, 1.165) is 37.9 Å². The van der Waals surface area contributed by atoms with Crippen molar-refractivity contribution in [1.29, 1.82) is 0 Å². The first-order valence-electron chi connectivity index (χ1n) is 8.59. The normalized spacial score (nSPS) is 18.6. The summed E-state index contributed by atoms with van der Waals surface area (Å²) in [5.74, 6) is -0.0101. The Labute approximate surface area is 138 Å². The molecule has 1 saturated heterocycles. The molecule has 0 saturated carbocycles. The van der Waals surface area contributed by atoms with Gasteiger partial charge in [0.2, 0.25) is 5.91 Å². The van der Waals surface area contributed by atoms with Gasteiger partial charge in [-0.15, -0.1) is 0 Å².